The second-order valence-electron chi connectivity index (χ2n) is 1.44. The molecule has 0 unspecified atom stereocenters. The number of amides is 1. The fourth-order valence-corrected chi connectivity index (χ4v) is 0.568. The van der Waals surface area contributed by atoms with E-state index in [0.29, 0.717) is 12.4 Å². The van der Waals surface area contributed by atoms with Crippen molar-refractivity contribution in [1.29, 1.82) is 0 Å². The van der Waals surface area contributed by atoms with Crippen LogP contribution in [0, 0.1) is 0 Å². The van der Waals surface area contributed by atoms with Gasteiger partial charge in [0.05, 0.1) is 0 Å². The van der Waals surface area contributed by atoms with Crippen LogP contribution in [0.5, 0.6) is 0 Å². The second-order valence-corrected chi connectivity index (χ2v) is 1.44. The number of hydrogen-bond donors (Lipinski definition) is 2. The summed E-state index contributed by atoms with van der Waals surface area (Å²) < 4.78 is 0. The number of carbonyl (C=O) groups excluding carboxylic acids is 1. The van der Waals surface area contributed by atoms with Gasteiger partial charge in [-0.25, -0.2) is 0 Å². The molecule has 0 aromatic heterocycles. The Kier molecular flexibility index (Phi) is 1.46. The maximum atomic E-state index is 9.69. The number of hydrogen-bond acceptors (Lipinski definition) is 1. The van der Waals surface area contributed by atoms with E-state index < -0.39 is 0 Å². The molecule has 0 radical (unpaired) electrons. The molecule has 0 atom stereocenters. The van der Waals surface area contributed by atoms with Crippen molar-refractivity contribution in [2.24, 2.45) is 4.99 Å². The van der Waals surface area contributed by atoms with E-state index in [2.05, 4.69) is 15.6 Å². The molecule has 0 spiro atoms. The maximum Gasteiger partial charge on any atom is 0.236 e. The summed E-state index contributed by atoms with van der Waals surface area (Å²) >= 11 is 0. The third-order valence-electron chi connectivity index (χ3n) is 0.892. The van der Waals surface area contributed by atoms with Gasteiger partial charge in [-0.15, -0.1) is 0 Å². The van der Waals surface area contributed by atoms with Gasteiger partial charge in [0.2, 0.25) is 6.41 Å². The lowest BCUT2D eigenvalue weighted by Crippen LogP contribution is -2.23. The smallest absolute Gasteiger partial charge is 0.236 e. The SMILES string of the molecule is O=CN=C1NCCN1. The van der Waals surface area contributed by atoms with E-state index in [0.717, 1.165) is 13.1 Å². The van der Waals surface area contributed by atoms with E-state index in [1.807, 2.05) is 0 Å². The van der Waals surface area contributed by atoms with Crippen molar-refractivity contribution in [3.63, 3.8) is 0 Å². The fraction of sp³-hybridized carbons (Fsp3) is 0.500. The van der Waals surface area contributed by atoms with Gasteiger partial charge in [-0.1, -0.05) is 0 Å². The second kappa shape index (κ2) is 2.30. The van der Waals surface area contributed by atoms with Crippen LogP contribution in [-0.2, 0) is 4.79 Å². The first-order valence-electron chi connectivity index (χ1n) is 2.42. The predicted molar refractivity (Wildman–Crippen MR) is 29.5 cm³/mol. The van der Waals surface area contributed by atoms with Crippen LogP contribution in [0.4, 0.5) is 0 Å². The zero-order valence-electron chi connectivity index (χ0n) is 4.35. The van der Waals surface area contributed by atoms with Crippen LogP contribution in [0.1, 0.15) is 0 Å². The van der Waals surface area contributed by atoms with E-state index in [1.54, 1.807) is 0 Å². The number of guanidine groups is 1. The standard InChI is InChI=1S/C4H7N3O/c8-3-7-4-5-1-2-6-4/h3H,1-2H2,(H2,5,6,7,8). The zero-order valence-corrected chi connectivity index (χ0v) is 4.35. The van der Waals surface area contributed by atoms with Gasteiger partial charge in [0.25, 0.3) is 0 Å². The van der Waals surface area contributed by atoms with Crippen molar-refractivity contribution in [1.82, 2.24) is 10.6 Å². The first-order valence-corrected chi connectivity index (χ1v) is 2.42. The van der Waals surface area contributed by atoms with Gasteiger partial charge in [0, 0.05) is 13.1 Å². The summed E-state index contributed by atoms with van der Waals surface area (Å²) in [6.45, 7) is 1.71. The maximum absolute atomic E-state index is 9.69. The fourth-order valence-electron chi connectivity index (χ4n) is 0.568. The summed E-state index contributed by atoms with van der Waals surface area (Å²) in [5, 5.41) is 5.73. The highest BCUT2D eigenvalue weighted by Gasteiger charge is 2.01. The Bertz CT molecular complexity index is 112. The minimum atomic E-state index is 0.515. The van der Waals surface area contributed by atoms with Gasteiger partial charge in [-0.3, -0.25) is 4.79 Å². The lowest BCUT2D eigenvalue weighted by Gasteiger charge is -1.90. The first kappa shape index (κ1) is 5.08. The molecule has 4 nitrogen and oxygen atoms in total. The van der Waals surface area contributed by atoms with E-state index in [-0.39, 0.29) is 0 Å². The molecule has 0 aromatic carbocycles. The lowest BCUT2D eigenvalue weighted by molar-refractivity contribution is -0.106. The molecular weight excluding hydrogens is 106 g/mol. The van der Waals surface area contributed by atoms with Gasteiger partial charge in [-0.05, 0) is 0 Å². The number of nitrogens with zero attached hydrogens (tertiary/aromatic N) is 1. The average Bonchev–Trinajstić information content (AvgIpc) is 2.19. The van der Waals surface area contributed by atoms with Crippen molar-refractivity contribution in [2.75, 3.05) is 13.1 Å². The molecule has 1 fully saturated rings. The van der Waals surface area contributed by atoms with E-state index in [4.69, 9.17) is 0 Å². The van der Waals surface area contributed by atoms with Gasteiger partial charge in [-0.2, -0.15) is 4.99 Å². The largest absolute Gasteiger partial charge is 0.354 e. The summed E-state index contributed by atoms with van der Waals surface area (Å²) in [5.41, 5.74) is 0. The molecule has 0 bridgehead atoms. The molecule has 8 heavy (non-hydrogen) atoms. The van der Waals surface area contributed by atoms with Crippen LogP contribution in [0.3, 0.4) is 0 Å². The number of aliphatic imine (C=N–C) groups is 1. The van der Waals surface area contributed by atoms with Crippen LogP contribution >= 0.6 is 0 Å². The lowest BCUT2D eigenvalue weighted by atomic mass is 10.7. The minimum absolute atomic E-state index is 0.515. The average molecular weight is 113 g/mol. The molecule has 1 saturated heterocycles. The summed E-state index contributed by atoms with van der Waals surface area (Å²) in [4.78, 5) is 13.1. The highest BCUT2D eigenvalue weighted by molar-refractivity contribution is 5.87. The molecule has 1 amide bonds. The normalized spacial score (nSPS) is 16.8. The molecule has 1 aliphatic heterocycles. The molecule has 4 heteroatoms. The Labute approximate surface area is 47.0 Å². The number of rotatable bonds is 1. The van der Waals surface area contributed by atoms with Crippen molar-refractivity contribution < 1.29 is 4.79 Å². The highest BCUT2D eigenvalue weighted by atomic mass is 16.1. The van der Waals surface area contributed by atoms with Crippen LogP contribution < -0.4 is 10.6 Å². The topological polar surface area (TPSA) is 53.5 Å². The molecule has 0 aromatic rings. The summed E-state index contributed by atoms with van der Waals surface area (Å²) in [7, 11) is 0. The molecule has 1 rings (SSSR count). The molecule has 0 saturated carbocycles. The van der Waals surface area contributed by atoms with Gasteiger partial charge >= 0.3 is 0 Å². The molecule has 1 aliphatic rings. The van der Waals surface area contributed by atoms with Crippen LogP contribution in [0.2, 0.25) is 0 Å². The van der Waals surface area contributed by atoms with Crippen molar-refractivity contribution in [3.05, 3.63) is 0 Å². The monoisotopic (exact) mass is 113 g/mol. The Morgan fingerprint density at radius 3 is 2.62 bits per heavy atom. The van der Waals surface area contributed by atoms with Crippen molar-refractivity contribution in [2.45, 2.75) is 0 Å². The van der Waals surface area contributed by atoms with Gasteiger partial charge < -0.3 is 10.6 Å². The quantitative estimate of drug-likeness (QED) is 0.415. The van der Waals surface area contributed by atoms with E-state index >= 15 is 0 Å². The summed E-state index contributed by atoms with van der Waals surface area (Å²) in [5.74, 6) is 0.583. The van der Waals surface area contributed by atoms with Crippen molar-refractivity contribution >= 4 is 12.4 Å². The Morgan fingerprint density at radius 1 is 1.50 bits per heavy atom. The van der Waals surface area contributed by atoms with Crippen LogP contribution in [0.25, 0.3) is 0 Å². The Balaban J connectivity index is 2.44. The summed E-state index contributed by atoms with van der Waals surface area (Å²) in [6, 6.07) is 0. The Morgan fingerprint density at radius 2 is 2.12 bits per heavy atom. The highest BCUT2D eigenvalue weighted by Crippen LogP contribution is 1.73. The minimum Gasteiger partial charge on any atom is -0.354 e. The van der Waals surface area contributed by atoms with Crippen molar-refractivity contribution in [3.8, 4) is 0 Å². The number of nitrogens with one attached hydrogen (secondary N) is 2. The summed E-state index contributed by atoms with van der Waals surface area (Å²) in [6.07, 6.45) is 0.515. The van der Waals surface area contributed by atoms with Crippen LogP contribution in [0.15, 0.2) is 4.99 Å². The molecule has 44 valence electrons. The first-order chi connectivity index (χ1) is 3.93. The Hall–Kier alpha value is -1.06. The third-order valence-corrected chi connectivity index (χ3v) is 0.892. The predicted octanol–water partition coefficient (Wildman–Crippen LogP) is -1.31. The van der Waals surface area contributed by atoms with Gasteiger partial charge in [0.15, 0.2) is 5.96 Å². The van der Waals surface area contributed by atoms with E-state index in [1.165, 1.54) is 0 Å². The van der Waals surface area contributed by atoms with E-state index in [9.17, 15) is 4.79 Å². The molecule has 2 N–H and O–H groups in total. The molecular formula is C4H7N3O. The van der Waals surface area contributed by atoms with Gasteiger partial charge in [0.1, 0.15) is 0 Å². The molecule has 0 aliphatic carbocycles. The number of carbonyl (C=O) groups is 1. The zero-order chi connectivity index (χ0) is 5.82. The van der Waals surface area contributed by atoms with Crippen LogP contribution in [-0.4, -0.2) is 25.5 Å². The molecule has 1 heterocycles. The third kappa shape index (κ3) is 0.959.